The topological polar surface area (TPSA) is 53.6 Å². The first-order valence-corrected chi connectivity index (χ1v) is 5.84. The second kappa shape index (κ2) is 4.86. The summed E-state index contributed by atoms with van der Waals surface area (Å²) in [4.78, 5) is 3.81. The lowest BCUT2D eigenvalue weighted by atomic mass is 10.1. The molecule has 0 amide bonds. The van der Waals surface area contributed by atoms with Gasteiger partial charge in [0.25, 0.3) is 0 Å². The molecule has 0 aromatic carbocycles. The molecular formula is C13H17FN4. The number of H-pyrrole nitrogens is 1. The summed E-state index contributed by atoms with van der Waals surface area (Å²) in [6, 6.07) is 3.32. The van der Waals surface area contributed by atoms with Crippen molar-refractivity contribution in [3.8, 4) is 11.3 Å². The first-order chi connectivity index (χ1) is 8.44. The molecule has 5 heteroatoms. The molecule has 0 bridgehead atoms. The van der Waals surface area contributed by atoms with E-state index in [9.17, 15) is 4.39 Å². The number of aromatic nitrogens is 3. The van der Waals surface area contributed by atoms with Crippen molar-refractivity contribution in [1.29, 1.82) is 0 Å². The fourth-order valence-corrected chi connectivity index (χ4v) is 1.51. The van der Waals surface area contributed by atoms with Crippen molar-refractivity contribution < 1.29 is 4.39 Å². The molecule has 0 saturated carbocycles. The molecule has 2 rings (SSSR count). The molecule has 18 heavy (non-hydrogen) atoms. The molecule has 2 aromatic heterocycles. The van der Waals surface area contributed by atoms with Crippen LogP contribution in [-0.2, 0) is 6.54 Å². The summed E-state index contributed by atoms with van der Waals surface area (Å²) in [6.07, 6.45) is 2.78. The molecule has 2 aromatic rings. The third-order valence-corrected chi connectivity index (χ3v) is 2.44. The summed E-state index contributed by atoms with van der Waals surface area (Å²) in [6.45, 7) is 6.99. The average molecular weight is 248 g/mol. The zero-order valence-corrected chi connectivity index (χ0v) is 10.8. The van der Waals surface area contributed by atoms with Crippen LogP contribution in [0.4, 0.5) is 4.39 Å². The Kier molecular flexibility index (Phi) is 3.43. The van der Waals surface area contributed by atoms with Gasteiger partial charge < -0.3 is 5.32 Å². The number of nitrogens with one attached hydrogen (secondary N) is 2. The van der Waals surface area contributed by atoms with E-state index < -0.39 is 0 Å². The lowest BCUT2D eigenvalue weighted by molar-refractivity contribution is 0.421. The third kappa shape index (κ3) is 3.37. The molecule has 0 aliphatic carbocycles. The van der Waals surface area contributed by atoms with Crippen molar-refractivity contribution >= 4 is 0 Å². The first kappa shape index (κ1) is 12.7. The van der Waals surface area contributed by atoms with Crippen molar-refractivity contribution in [1.82, 2.24) is 20.5 Å². The van der Waals surface area contributed by atoms with E-state index in [2.05, 4.69) is 41.3 Å². The lowest BCUT2D eigenvalue weighted by Crippen LogP contribution is -2.35. The van der Waals surface area contributed by atoms with Gasteiger partial charge >= 0.3 is 0 Å². The lowest BCUT2D eigenvalue weighted by Gasteiger charge is -2.19. The van der Waals surface area contributed by atoms with Crippen molar-refractivity contribution in [2.24, 2.45) is 0 Å². The van der Waals surface area contributed by atoms with E-state index in [0.717, 1.165) is 5.69 Å². The molecule has 0 aliphatic rings. The largest absolute Gasteiger partial charge is 0.306 e. The van der Waals surface area contributed by atoms with E-state index in [-0.39, 0.29) is 11.4 Å². The Bertz CT molecular complexity index is 528. The van der Waals surface area contributed by atoms with Crippen molar-refractivity contribution in [2.45, 2.75) is 32.9 Å². The molecule has 96 valence electrons. The smallest absolute Gasteiger partial charge is 0.142 e. The highest BCUT2D eigenvalue weighted by atomic mass is 19.1. The zero-order chi connectivity index (χ0) is 13.2. The van der Waals surface area contributed by atoms with E-state index in [0.29, 0.717) is 17.8 Å². The van der Waals surface area contributed by atoms with Crippen LogP contribution in [0.25, 0.3) is 11.3 Å². The minimum Gasteiger partial charge on any atom is -0.306 e. The summed E-state index contributed by atoms with van der Waals surface area (Å²) in [5, 5.41) is 10.4. The van der Waals surface area contributed by atoms with E-state index in [1.165, 1.54) is 12.3 Å². The average Bonchev–Trinajstić information content (AvgIpc) is 2.74. The Hall–Kier alpha value is -1.75. The third-order valence-electron chi connectivity index (χ3n) is 2.44. The van der Waals surface area contributed by atoms with Gasteiger partial charge in [-0.1, -0.05) is 0 Å². The summed E-state index contributed by atoms with van der Waals surface area (Å²) in [5.74, 6) is -0.357. The van der Waals surface area contributed by atoms with Crippen LogP contribution in [-0.4, -0.2) is 20.7 Å². The predicted molar refractivity (Wildman–Crippen MR) is 68.4 cm³/mol. The van der Waals surface area contributed by atoms with Crippen LogP contribution in [0.5, 0.6) is 0 Å². The standard InChI is InChI=1S/C13H17FN4/c1-13(2,3)16-8-11-5-12(18-17-11)9-4-10(14)7-15-6-9/h4-7,16H,8H2,1-3H3,(H,17,18). The first-order valence-electron chi connectivity index (χ1n) is 5.84. The minimum absolute atomic E-state index is 0.0473. The SMILES string of the molecule is CC(C)(C)NCc1cc(-c2cncc(F)c2)n[nH]1. The normalized spacial score (nSPS) is 11.8. The maximum atomic E-state index is 13.1. The van der Waals surface area contributed by atoms with Gasteiger partial charge in [-0.25, -0.2) is 4.39 Å². The van der Waals surface area contributed by atoms with Crippen LogP contribution in [0.15, 0.2) is 24.5 Å². The van der Waals surface area contributed by atoms with Gasteiger partial charge in [0.05, 0.1) is 11.9 Å². The van der Waals surface area contributed by atoms with Gasteiger partial charge in [0.1, 0.15) is 5.82 Å². The van der Waals surface area contributed by atoms with Crippen molar-refractivity contribution in [3.05, 3.63) is 36.0 Å². The fraction of sp³-hybridized carbons (Fsp3) is 0.385. The van der Waals surface area contributed by atoms with Crippen molar-refractivity contribution in [3.63, 3.8) is 0 Å². The highest BCUT2D eigenvalue weighted by Crippen LogP contribution is 2.17. The number of aromatic amines is 1. The minimum atomic E-state index is -0.357. The Morgan fingerprint density at radius 3 is 2.72 bits per heavy atom. The molecule has 0 atom stereocenters. The number of hydrogen-bond donors (Lipinski definition) is 2. The van der Waals surface area contributed by atoms with Crippen molar-refractivity contribution in [2.75, 3.05) is 0 Å². The van der Waals surface area contributed by atoms with Gasteiger partial charge in [0.15, 0.2) is 0 Å². The Labute approximate surface area is 106 Å². The molecule has 0 saturated heterocycles. The number of nitrogens with zero attached hydrogens (tertiary/aromatic N) is 2. The molecular weight excluding hydrogens is 231 g/mol. The van der Waals surface area contributed by atoms with Gasteiger partial charge in [-0.15, -0.1) is 0 Å². The fourth-order valence-electron chi connectivity index (χ4n) is 1.51. The summed E-state index contributed by atoms with van der Waals surface area (Å²) < 4.78 is 13.1. The molecule has 2 heterocycles. The molecule has 2 N–H and O–H groups in total. The second-order valence-electron chi connectivity index (χ2n) is 5.27. The van der Waals surface area contributed by atoms with Crippen LogP contribution in [0, 0.1) is 5.82 Å². The monoisotopic (exact) mass is 248 g/mol. The van der Waals surface area contributed by atoms with Gasteiger partial charge in [-0.05, 0) is 32.9 Å². The summed E-state index contributed by atoms with van der Waals surface area (Å²) >= 11 is 0. The van der Waals surface area contributed by atoms with E-state index >= 15 is 0 Å². The summed E-state index contributed by atoms with van der Waals surface area (Å²) in [5.41, 5.74) is 2.39. The number of pyridine rings is 1. The summed E-state index contributed by atoms with van der Waals surface area (Å²) in [7, 11) is 0. The van der Waals surface area contributed by atoms with E-state index in [1.54, 1.807) is 6.20 Å². The molecule has 0 unspecified atom stereocenters. The van der Waals surface area contributed by atoms with Gasteiger partial charge in [0, 0.05) is 29.5 Å². The van der Waals surface area contributed by atoms with Crippen LogP contribution in [0.1, 0.15) is 26.5 Å². The van der Waals surface area contributed by atoms with Crippen LogP contribution in [0.2, 0.25) is 0 Å². The highest BCUT2D eigenvalue weighted by Gasteiger charge is 2.10. The van der Waals surface area contributed by atoms with Gasteiger partial charge in [0.2, 0.25) is 0 Å². The highest BCUT2D eigenvalue weighted by molar-refractivity contribution is 5.57. The molecule has 0 radical (unpaired) electrons. The molecule has 0 aliphatic heterocycles. The second-order valence-corrected chi connectivity index (χ2v) is 5.27. The van der Waals surface area contributed by atoms with Gasteiger partial charge in [-0.3, -0.25) is 10.1 Å². The number of rotatable bonds is 3. The van der Waals surface area contributed by atoms with Crippen LogP contribution < -0.4 is 5.32 Å². The molecule has 4 nitrogen and oxygen atoms in total. The maximum absolute atomic E-state index is 13.1. The Morgan fingerprint density at radius 2 is 2.06 bits per heavy atom. The molecule has 0 spiro atoms. The number of hydrogen-bond acceptors (Lipinski definition) is 3. The van der Waals surface area contributed by atoms with E-state index in [4.69, 9.17) is 0 Å². The Balaban J connectivity index is 2.11. The van der Waals surface area contributed by atoms with Crippen LogP contribution in [0.3, 0.4) is 0 Å². The predicted octanol–water partition coefficient (Wildman–Crippen LogP) is 2.50. The van der Waals surface area contributed by atoms with Gasteiger partial charge in [-0.2, -0.15) is 5.10 Å². The zero-order valence-electron chi connectivity index (χ0n) is 10.8. The number of halogens is 1. The van der Waals surface area contributed by atoms with E-state index in [1.807, 2.05) is 6.07 Å². The van der Waals surface area contributed by atoms with Crippen LogP contribution >= 0.6 is 0 Å². The molecule has 0 fully saturated rings. The Morgan fingerprint density at radius 1 is 1.28 bits per heavy atom. The quantitative estimate of drug-likeness (QED) is 0.877. The maximum Gasteiger partial charge on any atom is 0.142 e.